The van der Waals surface area contributed by atoms with Gasteiger partial charge in [0.1, 0.15) is 0 Å². The number of aliphatic hydroxyl groups excluding tert-OH is 2. The molecule has 1 saturated carbocycles. The highest BCUT2D eigenvalue weighted by molar-refractivity contribution is 4.88. The van der Waals surface area contributed by atoms with Gasteiger partial charge in [-0.2, -0.15) is 0 Å². The van der Waals surface area contributed by atoms with Gasteiger partial charge in [-0.1, -0.05) is 12.8 Å². The minimum absolute atomic E-state index is 0.153. The van der Waals surface area contributed by atoms with Crippen molar-refractivity contribution in [3.8, 4) is 0 Å². The van der Waals surface area contributed by atoms with E-state index in [1.54, 1.807) is 0 Å². The van der Waals surface area contributed by atoms with Gasteiger partial charge < -0.3 is 15.9 Å². The summed E-state index contributed by atoms with van der Waals surface area (Å²) in [5.41, 5.74) is 6.10. The fourth-order valence-electron chi connectivity index (χ4n) is 2.58. The summed E-state index contributed by atoms with van der Waals surface area (Å²) in [5, 5.41) is 17.9. The van der Waals surface area contributed by atoms with Gasteiger partial charge in [-0.15, -0.1) is 0 Å². The Morgan fingerprint density at radius 1 is 1.07 bits per heavy atom. The first-order chi connectivity index (χ1) is 7.26. The van der Waals surface area contributed by atoms with E-state index in [2.05, 4.69) is 4.90 Å². The van der Waals surface area contributed by atoms with Crippen LogP contribution in [0.2, 0.25) is 0 Å². The maximum absolute atomic E-state index is 8.94. The second kappa shape index (κ2) is 6.43. The van der Waals surface area contributed by atoms with Crippen molar-refractivity contribution in [2.24, 2.45) is 11.1 Å². The van der Waals surface area contributed by atoms with Crippen LogP contribution >= 0.6 is 0 Å². The van der Waals surface area contributed by atoms with Crippen molar-refractivity contribution in [2.75, 3.05) is 39.4 Å². The molecule has 4 heteroatoms. The van der Waals surface area contributed by atoms with Gasteiger partial charge in [-0.3, -0.25) is 4.90 Å². The molecular weight excluding hydrogens is 192 g/mol. The normalized spacial score (nSPS) is 20.0. The molecule has 1 rings (SSSR count). The van der Waals surface area contributed by atoms with Crippen molar-refractivity contribution in [3.05, 3.63) is 0 Å². The number of aliphatic hydroxyl groups is 2. The van der Waals surface area contributed by atoms with Crippen LogP contribution in [0.15, 0.2) is 0 Å². The molecule has 15 heavy (non-hydrogen) atoms. The van der Waals surface area contributed by atoms with Crippen LogP contribution in [0.25, 0.3) is 0 Å². The van der Waals surface area contributed by atoms with Crippen LogP contribution in [-0.2, 0) is 0 Å². The monoisotopic (exact) mass is 216 g/mol. The molecule has 0 radical (unpaired) electrons. The summed E-state index contributed by atoms with van der Waals surface area (Å²) in [4.78, 5) is 2.12. The summed E-state index contributed by atoms with van der Waals surface area (Å²) in [6, 6.07) is 0. The molecule has 1 aliphatic rings. The SMILES string of the molecule is NCC1(CN(CCO)CCO)CCCC1. The van der Waals surface area contributed by atoms with E-state index in [1.165, 1.54) is 25.7 Å². The van der Waals surface area contributed by atoms with Gasteiger partial charge in [0.25, 0.3) is 0 Å². The van der Waals surface area contributed by atoms with E-state index >= 15 is 0 Å². The van der Waals surface area contributed by atoms with Crippen LogP contribution in [0.5, 0.6) is 0 Å². The zero-order valence-electron chi connectivity index (χ0n) is 9.49. The highest BCUT2D eigenvalue weighted by atomic mass is 16.3. The maximum atomic E-state index is 8.94. The van der Waals surface area contributed by atoms with Crippen LogP contribution in [-0.4, -0.2) is 54.5 Å². The first kappa shape index (κ1) is 12.9. The molecule has 1 aliphatic carbocycles. The minimum atomic E-state index is 0.153. The lowest BCUT2D eigenvalue weighted by atomic mass is 9.85. The summed E-state index contributed by atoms with van der Waals surface area (Å²) in [6.45, 7) is 3.23. The molecule has 0 atom stereocenters. The van der Waals surface area contributed by atoms with Crippen LogP contribution in [0, 0.1) is 5.41 Å². The van der Waals surface area contributed by atoms with Crippen molar-refractivity contribution in [1.82, 2.24) is 4.90 Å². The third-order valence-electron chi connectivity index (χ3n) is 3.49. The lowest BCUT2D eigenvalue weighted by Crippen LogP contribution is -2.43. The Bertz CT molecular complexity index is 164. The van der Waals surface area contributed by atoms with Gasteiger partial charge in [0.2, 0.25) is 0 Å². The fourth-order valence-corrected chi connectivity index (χ4v) is 2.58. The average Bonchev–Trinajstić information content (AvgIpc) is 2.68. The van der Waals surface area contributed by atoms with Crippen molar-refractivity contribution < 1.29 is 10.2 Å². The zero-order valence-corrected chi connectivity index (χ0v) is 9.49. The van der Waals surface area contributed by atoms with Crippen molar-refractivity contribution >= 4 is 0 Å². The van der Waals surface area contributed by atoms with E-state index < -0.39 is 0 Å². The quantitative estimate of drug-likeness (QED) is 0.551. The number of rotatable bonds is 7. The van der Waals surface area contributed by atoms with E-state index in [0.29, 0.717) is 13.1 Å². The molecule has 4 N–H and O–H groups in total. The molecule has 1 fully saturated rings. The summed E-state index contributed by atoms with van der Waals surface area (Å²) in [7, 11) is 0. The minimum Gasteiger partial charge on any atom is -0.395 e. The molecule has 0 aromatic rings. The van der Waals surface area contributed by atoms with E-state index in [1.807, 2.05) is 0 Å². The molecule has 90 valence electrons. The molecular formula is C11H24N2O2. The second-order valence-electron chi connectivity index (χ2n) is 4.63. The molecule has 0 aliphatic heterocycles. The zero-order chi connectivity index (χ0) is 11.1. The maximum Gasteiger partial charge on any atom is 0.0558 e. The number of hydrogen-bond acceptors (Lipinski definition) is 4. The van der Waals surface area contributed by atoms with Gasteiger partial charge in [-0.25, -0.2) is 0 Å². The smallest absolute Gasteiger partial charge is 0.0558 e. The second-order valence-corrected chi connectivity index (χ2v) is 4.63. The largest absolute Gasteiger partial charge is 0.395 e. The molecule has 0 spiro atoms. The van der Waals surface area contributed by atoms with Crippen LogP contribution in [0.1, 0.15) is 25.7 Å². The van der Waals surface area contributed by atoms with E-state index in [9.17, 15) is 0 Å². The Morgan fingerprint density at radius 3 is 2.00 bits per heavy atom. The predicted molar refractivity (Wildman–Crippen MR) is 60.6 cm³/mol. The third kappa shape index (κ3) is 3.72. The summed E-state index contributed by atoms with van der Waals surface area (Å²) >= 11 is 0. The Kier molecular flexibility index (Phi) is 5.53. The van der Waals surface area contributed by atoms with Crippen LogP contribution in [0.4, 0.5) is 0 Å². The highest BCUT2D eigenvalue weighted by Crippen LogP contribution is 2.37. The lowest BCUT2D eigenvalue weighted by molar-refractivity contribution is 0.110. The molecule has 4 nitrogen and oxygen atoms in total. The van der Waals surface area contributed by atoms with Crippen LogP contribution < -0.4 is 5.73 Å². The van der Waals surface area contributed by atoms with Crippen molar-refractivity contribution in [1.29, 1.82) is 0 Å². The van der Waals surface area contributed by atoms with E-state index in [4.69, 9.17) is 15.9 Å². The third-order valence-corrected chi connectivity index (χ3v) is 3.49. The van der Waals surface area contributed by atoms with Crippen LogP contribution in [0.3, 0.4) is 0 Å². The topological polar surface area (TPSA) is 69.7 Å². The van der Waals surface area contributed by atoms with E-state index in [-0.39, 0.29) is 18.6 Å². The van der Waals surface area contributed by atoms with Gasteiger partial charge in [-0.05, 0) is 24.8 Å². The fraction of sp³-hybridized carbons (Fsp3) is 1.00. The summed E-state index contributed by atoms with van der Waals surface area (Å²) in [5.74, 6) is 0. The van der Waals surface area contributed by atoms with Gasteiger partial charge >= 0.3 is 0 Å². The highest BCUT2D eigenvalue weighted by Gasteiger charge is 2.33. The number of nitrogens with two attached hydrogens (primary N) is 1. The molecule has 0 unspecified atom stereocenters. The standard InChI is InChI=1S/C11H24N2O2/c12-9-11(3-1-2-4-11)10-13(5-7-14)6-8-15/h14-15H,1-10,12H2. The van der Waals surface area contributed by atoms with Gasteiger partial charge in [0.15, 0.2) is 0 Å². The molecule has 0 aromatic carbocycles. The number of hydrogen-bond donors (Lipinski definition) is 3. The molecule has 0 amide bonds. The first-order valence-electron chi connectivity index (χ1n) is 5.90. The molecule has 0 bridgehead atoms. The Hall–Kier alpha value is -0.160. The van der Waals surface area contributed by atoms with Gasteiger partial charge in [0, 0.05) is 19.6 Å². The molecule has 0 heterocycles. The average molecular weight is 216 g/mol. The summed E-state index contributed by atoms with van der Waals surface area (Å²) in [6.07, 6.45) is 4.92. The molecule has 0 aromatic heterocycles. The first-order valence-corrected chi connectivity index (χ1v) is 5.90. The van der Waals surface area contributed by atoms with Crippen molar-refractivity contribution in [2.45, 2.75) is 25.7 Å². The Balaban J connectivity index is 2.46. The molecule has 0 saturated heterocycles. The van der Waals surface area contributed by atoms with Crippen molar-refractivity contribution in [3.63, 3.8) is 0 Å². The Morgan fingerprint density at radius 2 is 1.60 bits per heavy atom. The lowest BCUT2D eigenvalue weighted by Gasteiger charge is -2.34. The van der Waals surface area contributed by atoms with Gasteiger partial charge in [0.05, 0.1) is 13.2 Å². The predicted octanol–water partition coefficient (Wildman–Crippen LogP) is -0.208. The summed E-state index contributed by atoms with van der Waals surface area (Å²) < 4.78 is 0. The number of nitrogens with zero attached hydrogens (tertiary/aromatic N) is 1. The van der Waals surface area contributed by atoms with E-state index in [0.717, 1.165) is 13.1 Å². The Labute approximate surface area is 92.1 Å².